The summed E-state index contributed by atoms with van der Waals surface area (Å²) in [6, 6.07) is 0. The standard InChI is InChI=1S/C12H21F2NO/c1-10-3-6-15(8-12(10,13)14)7-11(4-5-11)9-16-2/h10H,3-9H2,1-2H3. The van der Waals surface area contributed by atoms with E-state index in [-0.39, 0.29) is 12.0 Å². The highest BCUT2D eigenvalue weighted by Crippen LogP contribution is 2.47. The van der Waals surface area contributed by atoms with Crippen molar-refractivity contribution in [3.05, 3.63) is 0 Å². The molecule has 0 amide bonds. The molecule has 0 bridgehead atoms. The van der Waals surface area contributed by atoms with Crippen molar-refractivity contribution in [1.29, 1.82) is 0 Å². The summed E-state index contributed by atoms with van der Waals surface area (Å²) < 4.78 is 32.3. The van der Waals surface area contributed by atoms with Crippen LogP contribution in [-0.4, -0.2) is 44.2 Å². The molecular formula is C12H21F2NO. The first-order chi connectivity index (χ1) is 7.47. The molecule has 1 unspecified atom stereocenters. The maximum absolute atomic E-state index is 13.6. The predicted octanol–water partition coefficient (Wildman–Crippen LogP) is 2.39. The van der Waals surface area contributed by atoms with Gasteiger partial charge < -0.3 is 4.74 Å². The molecule has 2 nitrogen and oxygen atoms in total. The second kappa shape index (κ2) is 4.22. The fourth-order valence-corrected chi connectivity index (χ4v) is 2.56. The van der Waals surface area contributed by atoms with Gasteiger partial charge in [-0.3, -0.25) is 4.90 Å². The van der Waals surface area contributed by atoms with Crippen LogP contribution >= 0.6 is 0 Å². The van der Waals surface area contributed by atoms with Gasteiger partial charge in [0.15, 0.2) is 0 Å². The Kier molecular flexibility index (Phi) is 3.23. The molecule has 0 spiro atoms. The molecule has 2 fully saturated rings. The summed E-state index contributed by atoms with van der Waals surface area (Å²) in [6.45, 7) is 3.88. The molecule has 1 saturated carbocycles. The number of halogens is 2. The van der Waals surface area contributed by atoms with Crippen LogP contribution in [0.5, 0.6) is 0 Å². The molecule has 1 aliphatic carbocycles. The second-order valence-corrected chi connectivity index (χ2v) is 5.59. The van der Waals surface area contributed by atoms with Crippen molar-refractivity contribution in [2.24, 2.45) is 11.3 Å². The number of hydrogen-bond acceptors (Lipinski definition) is 2. The van der Waals surface area contributed by atoms with Gasteiger partial charge in [-0.1, -0.05) is 6.92 Å². The summed E-state index contributed by atoms with van der Waals surface area (Å²) in [7, 11) is 1.69. The highest BCUT2D eigenvalue weighted by Gasteiger charge is 2.48. The SMILES string of the molecule is COCC1(CN2CCC(C)C(F)(F)C2)CC1. The normalized spacial score (nSPS) is 32.6. The zero-order chi connectivity index (χ0) is 11.8. The maximum Gasteiger partial charge on any atom is 0.263 e. The first kappa shape index (κ1) is 12.2. The molecule has 94 valence electrons. The number of piperidine rings is 1. The lowest BCUT2D eigenvalue weighted by Crippen LogP contribution is -2.49. The van der Waals surface area contributed by atoms with E-state index < -0.39 is 11.8 Å². The van der Waals surface area contributed by atoms with Gasteiger partial charge in [-0.05, 0) is 25.8 Å². The number of methoxy groups -OCH3 is 1. The van der Waals surface area contributed by atoms with Gasteiger partial charge in [0, 0.05) is 25.0 Å². The van der Waals surface area contributed by atoms with E-state index in [0.717, 1.165) is 25.9 Å². The molecular weight excluding hydrogens is 212 g/mol. The quantitative estimate of drug-likeness (QED) is 0.739. The number of rotatable bonds is 4. The van der Waals surface area contributed by atoms with Gasteiger partial charge in [0.05, 0.1) is 13.2 Å². The van der Waals surface area contributed by atoms with E-state index in [2.05, 4.69) is 0 Å². The minimum atomic E-state index is -2.51. The highest BCUT2D eigenvalue weighted by molar-refractivity contribution is 4.97. The van der Waals surface area contributed by atoms with Crippen molar-refractivity contribution in [2.75, 3.05) is 33.4 Å². The van der Waals surface area contributed by atoms with Crippen LogP contribution in [0.2, 0.25) is 0 Å². The number of alkyl halides is 2. The van der Waals surface area contributed by atoms with Crippen molar-refractivity contribution in [2.45, 2.75) is 32.1 Å². The molecule has 0 aromatic heterocycles. The molecule has 0 N–H and O–H groups in total. The van der Waals surface area contributed by atoms with Crippen LogP contribution in [-0.2, 0) is 4.74 Å². The number of ether oxygens (including phenoxy) is 1. The predicted molar refractivity (Wildman–Crippen MR) is 58.7 cm³/mol. The lowest BCUT2D eigenvalue weighted by Gasteiger charge is -2.38. The zero-order valence-corrected chi connectivity index (χ0v) is 10.1. The van der Waals surface area contributed by atoms with Crippen molar-refractivity contribution < 1.29 is 13.5 Å². The summed E-state index contributed by atoms with van der Waals surface area (Å²) in [5, 5.41) is 0. The van der Waals surface area contributed by atoms with Crippen LogP contribution in [0.25, 0.3) is 0 Å². The Morgan fingerprint density at radius 2 is 2.06 bits per heavy atom. The Morgan fingerprint density at radius 1 is 1.38 bits per heavy atom. The topological polar surface area (TPSA) is 12.5 Å². The molecule has 2 aliphatic rings. The van der Waals surface area contributed by atoms with Crippen molar-refractivity contribution in [3.8, 4) is 0 Å². The van der Waals surface area contributed by atoms with Gasteiger partial charge in [-0.2, -0.15) is 0 Å². The maximum atomic E-state index is 13.6. The summed E-state index contributed by atoms with van der Waals surface area (Å²) in [5.74, 6) is -2.98. The summed E-state index contributed by atoms with van der Waals surface area (Å²) >= 11 is 0. The van der Waals surface area contributed by atoms with Crippen LogP contribution in [0.1, 0.15) is 26.2 Å². The Hall–Kier alpha value is -0.220. The van der Waals surface area contributed by atoms with Crippen molar-refractivity contribution in [3.63, 3.8) is 0 Å². The molecule has 1 atom stereocenters. The fourth-order valence-electron chi connectivity index (χ4n) is 2.56. The van der Waals surface area contributed by atoms with Crippen molar-refractivity contribution >= 4 is 0 Å². The average Bonchev–Trinajstić information content (AvgIpc) is 2.92. The highest BCUT2D eigenvalue weighted by atomic mass is 19.3. The molecule has 1 heterocycles. The van der Waals surface area contributed by atoms with E-state index in [1.807, 2.05) is 4.90 Å². The lowest BCUT2D eigenvalue weighted by molar-refractivity contribution is -0.109. The third-order valence-electron chi connectivity index (χ3n) is 4.00. The van der Waals surface area contributed by atoms with Crippen LogP contribution in [0.15, 0.2) is 0 Å². The van der Waals surface area contributed by atoms with Crippen LogP contribution in [0.4, 0.5) is 8.78 Å². The number of nitrogens with zero attached hydrogens (tertiary/aromatic N) is 1. The van der Waals surface area contributed by atoms with E-state index in [4.69, 9.17) is 4.74 Å². The third-order valence-corrected chi connectivity index (χ3v) is 4.00. The van der Waals surface area contributed by atoms with Gasteiger partial charge in [0.2, 0.25) is 0 Å². The summed E-state index contributed by atoms with van der Waals surface area (Å²) in [4.78, 5) is 1.92. The minimum Gasteiger partial charge on any atom is -0.384 e. The molecule has 16 heavy (non-hydrogen) atoms. The average molecular weight is 233 g/mol. The number of likely N-dealkylation sites (tertiary alicyclic amines) is 1. The van der Waals surface area contributed by atoms with E-state index in [1.54, 1.807) is 14.0 Å². The van der Waals surface area contributed by atoms with E-state index >= 15 is 0 Å². The van der Waals surface area contributed by atoms with Crippen LogP contribution in [0.3, 0.4) is 0 Å². The number of hydrogen-bond donors (Lipinski definition) is 0. The summed E-state index contributed by atoms with van der Waals surface area (Å²) in [6.07, 6.45) is 2.85. The Labute approximate surface area is 95.9 Å². The largest absolute Gasteiger partial charge is 0.384 e. The molecule has 0 aromatic rings. The molecule has 1 aliphatic heterocycles. The third kappa shape index (κ3) is 2.54. The molecule has 1 saturated heterocycles. The molecule has 4 heteroatoms. The van der Waals surface area contributed by atoms with Gasteiger partial charge >= 0.3 is 0 Å². The Bertz CT molecular complexity index is 253. The van der Waals surface area contributed by atoms with Gasteiger partial charge in [-0.15, -0.1) is 0 Å². The molecule has 0 aromatic carbocycles. The van der Waals surface area contributed by atoms with Gasteiger partial charge in [-0.25, -0.2) is 8.78 Å². The Morgan fingerprint density at radius 3 is 2.56 bits per heavy atom. The second-order valence-electron chi connectivity index (χ2n) is 5.59. The van der Waals surface area contributed by atoms with Crippen LogP contribution < -0.4 is 0 Å². The Balaban J connectivity index is 1.87. The van der Waals surface area contributed by atoms with Crippen LogP contribution in [0, 0.1) is 11.3 Å². The smallest absolute Gasteiger partial charge is 0.263 e. The van der Waals surface area contributed by atoms with Gasteiger partial charge in [0.1, 0.15) is 0 Å². The van der Waals surface area contributed by atoms with E-state index in [0.29, 0.717) is 13.0 Å². The zero-order valence-electron chi connectivity index (χ0n) is 10.1. The van der Waals surface area contributed by atoms with Gasteiger partial charge in [0.25, 0.3) is 5.92 Å². The van der Waals surface area contributed by atoms with E-state index in [1.165, 1.54) is 0 Å². The van der Waals surface area contributed by atoms with E-state index in [9.17, 15) is 8.78 Å². The van der Waals surface area contributed by atoms with Crippen molar-refractivity contribution in [1.82, 2.24) is 4.90 Å². The lowest BCUT2D eigenvalue weighted by atomic mass is 9.94. The molecule has 0 radical (unpaired) electrons. The monoisotopic (exact) mass is 233 g/mol. The fraction of sp³-hybridized carbons (Fsp3) is 1.00. The summed E-state index contributed by atoms with van der Waals surface area (Å²) in [5.41, 5.74) is 0.186. The minimum absolute atomic E-state index is 0.0698. The first-order valence-corrected chi connectivity index (χ1v) is 6.07. The first-order valence-electron chi connectivity index (χ1n) is 6.07. The molecule has 2 rings (SSSR count).